The molecule has 94 valence electrons. The highest BCUT2D eigenvalue weighted by atomic mass is 19.1. The maximum Gasteiger partial charge on any atom is 0.149 e. The Labute approximate surface area is 101 Å². The molecule has 1 saturated carbocycles. The molecule has 0 heterocycles. The summed E-state index contributed by atoms with van der Waals surface area (Å²) >= 11 is 0. The van der Waals surface area contributed by atoms with Gasteiger partial charge in [0.05, 0.1) is 0 Å². The number of hydrogen-bond acceptors (Lipinski definition) is 1. The number of halogens is 2. The van der Waals surface area contributed by atoms with E-state index in [9.17, 15) is 8.78 Å². The van der Waals surface area contributed by atoms with E-state index in [4.69, 9.17) is 0 Å². The van der Waals surface area contributed by atoms with Gasteiger partial charge >= 0.3 is 0 Å². The Morgan fingerprint density at radius 3 is 2.47 bits per heavy atom. The third kappa shape index (κ3) is 2.96. The van der Waals surface area contributed by atoms with Crippen LogP contribution in [0.2, 0.25) is 0 Å². The number of nitrogens with one attached hydrogen (secondary N) is 1. The summed E-state index contributed by atoms with van der Waals surface area (Å²) in [7, 11) is 0. The summed E-state index contributed by atoms with van der Waals surface area (Å²) in [6, 6.07) is 4.14. The van der Waals surface area contributed by atoms with Crippen molar-refractivity contribution in [2.75, 3.05) is 5.32 Å². The zero-order chi connectivity index (χ0) is 12.5. The van der Waals surface area contributed by atoms with Gasteiger partial charge in [0.1, 0.15) is 17.3 Å². The van der Waals surface area contributed by atoms with E-state index in [2.05, 4.69) is 19.2 Å². The molecule has 1 aliphatic carbocycles. The lowest BCUT2D eigenvalue weighted by molar-refractivity contribution is 0.229. The Kier molecular flexibility index (Phi) is 3.36. The molecule has 0 spiro atoms. The Balaban J connectivity index is 2.10. The number of hydrogen-bond donors (Lipinski definition) is 1. The first-order chi connectivity index (χ1) is 7.98. The highest BCUT2D eigenvalue weighted by Crippen LogP contribution is 2.36. The molecule has 1 unspecified atom stereocenters. The van der Waals surface area contributed by atoms with Crippen LogP contribution in [0.15, 0.2) is 18.2 Å². The zero-order valence-corrected chi connectivity index (χ0v) is 10.4. The molecule has 17 heavy (non-hydrogen) atoms. The van der Waals surface area contributed by atoms with E-state index in [0.717, 1.165) is 19.3 Å². The highest BCUT2D eigenvalue weighted by molar-refractivity contribution is 5.47. The minimum absolute atomic E-state index is 0.0233. The van der Waals surface area contributed by atoms with Crippen molar-refractivity contribution in [3.63, 3.8) is 0 Å². The van der Waals surface area contributed by atoms with Crippen molar-refractivity contribution in [3.8, 4) is 0 Å². The second-order valence-corrected chi connectivity index (χ2v) is 5.70. The lowest BCUT2D eigenvalue weighted by Gasteiger charge is -2.36. The average molecular weight is 239 g/mol. The molecule has 1 aromatic carbocycles. The van der Waals surface area contributed by atoms with E-state index in [-0.39, 0.29) is 17.1 Å². The molecule has 1 atom stereocenters. The van der Waals surface area contributed by atoms with Crippen molar-refractivity contribution in [2.45, 2.75) is 45.6 Å². The summed E-state index contributed by atoms with van der Waals surface area (Å²) in [4.78, 5) is 0. The SMILES string of the molecule is CC1(C)CCCC(Nc2c(F)cccc2F)C1. The van der Waals surface area contributed by atoms with Gasteiger partial charge in [0.2, 0.25) is 0 Å². The van der Waals surface area contributed by atoms with Gasteiger partial charge in [0.15, 0.2) is 0 Å². The molecule has 1 nitrogen and oxygen atoms in total. The fourth-order valence-corrected chi connectivity index (χ4v) is 2.66. The van der Waals surface area contributed by atoms with Crippen LogP contribution in [0.5, 0.6) is 0 Å². The Bertz CT molecular complexity index is 381. The Morgan fingerprint density at radius 1 is 1.24 bits per heavy atom. The molecule has 1 aromatic rings. The highest BCUT2D eigenvalue weighted by Gasteiger charge is 2.28. The standard InChI is InChI=1S/C14H19F2N/c1-14(2)8-4-5-10(9-14)17-13-11(15)6-3-7-12(13)16/h3,6-7,10,17H,4-5,8-9H2,1-2H3. The van der Waals surface area contributed by atoms with E-state index < -0.39 is 11.6 Å². The number of anilines is 1. The van der Waals surface area contributed by atoms with E-state index in [1.807, 2.05) is 0 Å². The zero-order valence-electron chi connectivity index (χ0n) is 10.4. The van der Waals surface area contributed by atoms with Gasteiger partial charge < -0.3 is 5.32 Å². The van der Waals surface area contributed by atoms with Crippen LogP contribution in [0.25, 0.3) is 0 Å². The first-order valence-electron chi connectivity index (χ1n) is 6.18. The van der Waals surface area contributed by atoms with Crippen molar-refractivity contribution < 1.29 is 8.78 Å². The fraction of sp³-hybridized carbons (Fsp3) is 0.571. The van der Waals surface area contributed by atoms with Gasteiger partial charge in [0.25, 0.3) is 0 Å². The van der Waals surface area contributed by atoms with Crippen molar-refractivity contribution in [3.05, 3.63) is 29.8 Å². The molecule has 1 fully saturated rings. The molecule has 2 rings (SSSR count). The molecular weight excluding hydrogens is 220 g/mol. The Hall–Kier alpha value is -1.12. The molecule has 1 N–H and O–H groups in total. The summed E-state index contributed by atoms with van der Waals surface area (Å²) in [5, 5.41) is 3.02. The predicted octanol–water partition coefficient (Wildman–Crippen LogP) is 4.35. The number of rotatable bonds is 2. The van der Waals surface area contributed by atoms with Crippen molar-refractivity contribution in [1.29, 1.82) is 0 Å². The van der Waals surface area contributed by atoms with Crippen molar-refractivity contribution >= 4 is 5.69 Å². The average Bonchev–Trinajstić information content (AvgIpc) is 2.22. The van der Waals surface area contributed by atoms with Gasteiger partial charge in [-0.05, 0) is 36.8 Å². The third-order valence-corrected chi connectivity index (χ3v) is 3.52. The Morgan fingerprint density at radius 2 is 1.88 bits per heavy atom. The van der Waals surface area contributed by atoms with Gasteiger partial charge in [0, 0.05) is 6.04 Å². The summed E-state index contributed by atoms with van der Waals surface area (Å²) in [5.74, 6) is -1.01. The molecule has 0 aromatic heterocycles. The summed E-state index contributed by atoms with van der Waals surface area (Å²) < 4.78 is 27.0. The van der Waals surface area contributed by atoms with Crippen LogP contribution < -0.4 is 5.32 Å². The largest absolute Gasteiger partial charge is 0.378 e. The molecule has 3 heteroatoms. The van der Waals surface area contributed by atoms with Gasteiger partial charge in [-0.3, -0.25) is 0 Å². The van der Waals surface area contributed by atoms with Gasteiger partial charge in [-0.1, -0.05) is 26.3 Å². The molecule has 0 bridgehead atoms. The molecule has 0 aliphatic heterocycles. The van der Waals surface area contributed by atoms with Crippen molar-refractivity contribution in [2.24, 2.45) is 5.41 Å². The van der Waals surface area contributed by atoms with E-state index in [0.29, 0.717) is 0 Å². The van der Waals surface area contributed by atoms with Crippen molar-refractivity contribution in [1.82, 2.24) is 0 Å². The summed E-state index contributed by atoms with van der Waals surface area (Å²) in [5.41, 5.74) is 0.285. The van der Waals surface area contributed by atoms with Crippen LogP contribution in [0.4, 0.5) is 14.5 Å². The summed E-state index contributed by atoms with van der Waals surface area (Å²) in [6.07, 6.45) is 4.24. The maximum atomic E-state index is 13.5. The first-order valence-corrected chi connectivity index (χ1v) is 6.18. The smallest absolute Gasteiger partial charge is 0.149 e. The summed E-state index contributed by atoms with van der Waals surface area (Å²) in [6.45, 7) is 4.41. The van der Waals surface area contributed by atoms with E-state index in [1.54, 1.807) is 0 Å². The predicted molar refractivity (Wildman–Crippen MR) is 66.0 cm³/mol. The van der Waals surface area contributed by atoms with Gasteiger partial charge in [-0.25, -0.2) is 8.78 Å². The number of benzene rings is 1. The maximum absolute atomic E-state index is 13.5. The van der Waals surface area contributed by atoms with Gasteiger partial charge in [-0.15, -0.1) is 0 Å². The first kappa shape index (κ1) is 12.3. The van der Waals surface area contributed by atoms with Crippen LogP contribution in [0, 0.1) is 17.0 Å². The fourth-order valence-electron chi connectivity index (χ4n) is 2.66. The second-order valence-electron chi connectivity index (χ2n) is 5.70. The van der Waals surface area contributed by atoms with Gasteiger partial charge in [-0.2, -0.15) is 0 Å². The second kappa shape index (κ2) is 4.63. The minimum atomic E-state index is -0.506. The molecule has 1 aliphatic rings. The molecule has 0 radical (unpaired) electrons. The number of para-hydroxylation sites is 1. The third-order valence-electron chi connectivity index (χ3n) is 3.52. The van der Waals surface area contributed by atoms with Crippen LogP contribution >= 0.6 is 0 Å². The van der Waals surface area contributed by atoms with E-state index in [1.165, 1.54) is 24.6 Å². The van der Waals surface area contributed by atoms with Crippen LogP contribution in [-0.2, 0) is 0 Å². The normalized spacial score (nSPS) is 23.4. The van der Waals surface area contributed by atoms with Crippen LogP contribution in [0.1, 0.15) is 39.5 Å². The molecule has 0 saturated heterocycles. The topological polar surface area (TPSA) is 12.0 Å². The lowest BCUT2D eigenvalue weighted by Crippen LogP contribution is -2.32. The lowest BCUT2D eigenvalue weighted by atomic mass is 9.75. The van der Waals surface area contributed by atoms with Crippen LogP contribution in [0.3, 0.4) is 0 Å². The monoisotopic (exact) mass is 239 g/mol. The van der Waals surface area contributed by atoms with E-state index >= 15 is 0 Å². The minimum Gasteiger partial charge on any atom is -0.378 e. The molecular formula is C14H19F2N. The van der Waals surface area contributed by atoms with Crippen LogP contribution in [-0.4, -0.2) is 6.04 Å². The quantitative estimate of drug-likeness (QED) is 0.809. The molecule has 0 amide bonds.